The number of hydrogen-bond donors (Lipinski definition) is 1. The molecule has 2 rings (SSSR count). The first kappa shape index (κ1) is 13.9. The van der Waals surface area contributed by atoms with Crippen LogP contribution in [0.5, 0.6) is 0 Å². The number of rotatable bonds is 2. The van der Waals surface area contributed by atoms with Crippen molar-refractivity contribution in [3.63, 3.8) is 0 Å². The lowest BCUT2D eigenvalue weighted by molar-refractivity contribution is -0.144. The summed E-state index contributed by atoms with van der Waals surface area (Å²) in [7, 11) is 0. The van der Waals surface area contributed by atoms with Crippen molar-refractivity contribution < 1.29 is 23.1 Å². The maximum absolute atomic E-state index is 12.7. The van der Waals surface area contributed by atoms with E-state index in [9.17, 15) is 23.1 Å². The molecule has 0 aromatic heterocycles. The summed E-state index contributed by atoms with van der Waals surface area (Å²) in [4.78, 5) is 11.5. The van der Waals surface area contributed by atoms with Crippen LogP contribution in [0.2, 0.25) is 0 Å². The highest BCUT2D eigenvalue weighted by Gasteiger charge is 2.46. The van der Waals surface area contributed by atoms with Crippen molar-refractivity contribution in [3.05, 3.63) is 35.4 Å². The Labute approximate surface area is 109 Å². The van der Waals surface area contributed by atoms with Gasteiger partial charge >= 0.3 is 12.1 Å². The van der Waals surface area contributed by atoms with Crippen LogP contribution in [0.1, 0.15) is 37.3 Å². The molecular weight excluding hydrogens is 257 g/mol. The van der Waals surface area contributed by atoms with Crippen molar-refractivity contribution in [1.82, 2.24) is 0 Å². The predicted octanol–water partition coefficient (Wildman–Crippen LogP) is 3.85. The van der Waals surface area contributed by atoms with E-state index >= 15 is 0 Å². The summed E-state index contributed by atoms with van der Waals surface area (Å²) in [6, 6.07) is 4.72. The minimum Gasteiger partial charge on any atom is -0.481 e. The normalized spacial score (nSPS) is 27.5. The largest absolute Gasteiger partial charge is 0.481 e. The maximum atomic E-state index is 12.7. The first-order chi connectivity index (χ1) is 8.75. The lowest BCUT2D eigenvalue weighted by atomic mass is 9.78. The zero-order valence-corrected chi connectivity index (χ0v) is 10.5. The van der Waals surface area contributed by atoms with Crippen LogP contribution in [0.25, 0.3) is 0 Å². The van der Waals surface area contributed by atoms with Gasteiger partial charge in [-0.2, -0.15) is 13.2 Å². The zero-order chi connectivity index (χ0) is 14.3. The third-order valence-electron chi connectivity index (χ3n) is 3.91. The smallest absolute Gasteiger partial charge is 0.416 e. The lowest BCUT2D eigenvalue weighted by Crippen LogP contribution is -2.33. The predicted molar refractivity (Wildman–Crippen MR) is 63.8 cm³/mol. The molecule has 0 bridgehead atoms. The first-order valence-electron chi connectivity index (χ1n) is 6.17. The summed E-state index contributed by atoms with van der Waals surface area (Å²) in [5.41, 5.74) is -1.69. The molecule has 0 radical (unpaired) electrons. The molecule has 1 aliphatic rings. The van der Waals surface area contributed by atoms with Crippen molar-refractivity contribution in [2.45, 2.75) is 37.8 Å². The number of halogens is 3. The van der Waals surface area contributed by atoms with Crippen LogP contribution < -0.4 is 0 Å². The summed E-state index contributed by atoms with van der Waals surface area (Å²) >= 11 is 0. The van der Waals surface area contributed by atoms with Gasteiger partial charge in [-0.1, -0.05) is 25.1 Å². The van der Waals surface area contributed by atoms with Crippen LogP contribution in [-0.4, -0.2) is 11.1 Å². The van der Waals surface area contributed by atoms with Crippen molar-refractivity contribution in [1.29, 1.82) is 0 Å². The number of benzene rings is 1. The Kier molecular flexibility index (Phi) is 3.32. The average molecular weight is 272 g/mol. The molecule has 104 valence electrons. The van der Waals surface area contributed by atoms with Gasteiger partial charge < -0.3 is 5.11 Å². The molecule has 0 amide bonds. The van der Waals surface area contributed by atoms with E-state index in [0.29, 0.717) is 12.8 Å². The van der Waals surface area contributed by atoms with Gasteiger partial charge in [0.1, 0.15) is 0 Å². The number of carboxylic acid groups (broad SMARTS) is 1. The summed E-state index contributed by atoms with van der Waals surface area (Å²) < 4.78 is 38.1. The van der Waals surface area contributed by atoms with E-state index in [0.717, 1.165) is 18.6 Å². The minimum absolute atomic E-state index is 0.214. The van der Waals surface area contributed by atoms with Gasteiger partial charge in [-0.3, -0.25) is 4.79 Å². The Morgan fingerprint density at radius 1 is 1.42 bits per heavy atom. The Balaban J connectivity index is 2.47. The molecule has 19 heavy (non-hydrogen) atoms. The molecule has 5 heteroatoms. The third-order valence-corrected chi connectivity index (χ3v) is 3.91. The molecule has 0 heterocycles. The number of aliphatic carboxylic acids is 1. The number of carboxylic acids is 1. The van der Waals surface area contributed by atoms with Crippen LogP contribution >= 0.6 is 0 Å². The summed E-state index contributed by atoms with van der Waals surface area (Å²) in [6.07, 6.45) is -2.93. The molecule has 1 N–H and O–H groups in total. The highest BCUT2D eigenvalue weighted by Crippen LogP contribution is 2.45. The summed E-state index contributed by atoms with van der Waals surface area (Å²) in [5.74, 6) is -0.818. The van der Waals surface area contributed by atoms with E-state index in [2.05, 4.69) is 0 Å². The summed E-state index contributed by atoms with van der Waals surface area (Å²) in [6.45, 7) is 1.93. The zero-order valence-electron chi connectivity index (χ0n) is 10.5. The van der Waals surface area contributed by atoms with E-state index < -0.39 is 23.1 Å². The average Bonchev–Trinajstić information content (AvgIpc) is 2.72. The Hall–Kier alpha value is -1.52. The second kappa shape index (κ2) is 4.54. The quantitative estimate of drug-likeness (QED) is 0.888. The second-order valence-corrected chi connectivity index (χ2v) is 5.31. The van der Waals surface area contributed by atoms with Gasteiger partial charge in [0, 0.05) is 0 Å². The van der Waals surface area contributed by atoms with Crippen LogP contribution in [0, 0.1) is 5.92 Å². The van der Waals surface area contributed by atoms with E-state index in [1.165, 1.54) is 12.1 Å². The fourth-order valence-electron chi connectivity index (χ4n) is 2.86. The summed E-state index contributed by atoms with van der Waals surface area (Å²) in [5, 5.41) is 9.45. The molecule has 1 aromatic rings. The Bertz CT molecular complexity index is 496. The van der Waals surface area contributed by atoms with E-state index in [-0.39, 0.29) is 11.5 Å². The maximum Gasteiger partial charge on any atom is 0.416 e. The molecule has 2 nitrogen and oxygen atoms in total. The molecular formula is C14H15F3O2. The van der Waals surface area contributed by atoms with Crippen molar-refractivity contribution >= 4 is 5.97 Å². The number of hydrogen-bond acceptors (Lipinski definition) is 1. The second-order valence-electron chi connectivity index (χ2n) is 5.31. The van der Waals surface area contributed by atoms with Crippen molar-refractivity contribution in [3.8, 4) is 0 Å². The minimum atomic E-state index is -4.44. The van der Waals surface area contributed by atoms with Gasteiger partial charge in [0.2, 0.25) is 0 Å². The molecule has 2 atom stereocenters. The van der Waals surface area contributed by atoms with Gasteiger partial charge in [0.15, 0.2) is 0 Å². The monoisotopic (exact) mass is 272 g/mol. The van der Waals surface area contributed by atoms with Crippen LogP contribution in [0.15, 0.2) is 24.3 Å². The molecule has 2 unspecified atom stereocenters. The Morgan fingerprint density at radius 3 is 2.58 bits per heavy atom. The molecule has 0 spiro atoms. The molecule has 0 aliphatic heterocycles. The van der Waals surface area contributed by atoms with Crippen LogP contribution in [0.3, 0.4) is 0 Å². The lowest BCUT2D eigenvalue weighted by Gasteiger charge is -2.25. The number of carbonyl (C=O) groups is 1. The number of alkyl halides is 3. The fourth-order valence-corrected chi connectivity index (χ4v) is 2.86. The highest BCUT2D eigenvalue weighted by molar-refractivity contribution is 5.82. The standard InChI is InChI=1S/C14H15F3O2/c1-9-5-6-13(8-9,12(18)19)10-3-2-4-11(7-10)14(15,16)17/h2-4,7,9H,5-6,8H2,1H3,(H,18,19). The Morgan fingerprint density at radius 2 is 2.11 bits per heavy atom. The van der Waals surface area contributed by atoms with Crippen LogP contribution in [-0.2, 0) is 16.4 Å². The van der Waals surface area contributed by atoms with Gasteiger partial charge in [0.05, 0.1) is 11.0 Å². The topological polar surface area (TPSA) is 37.3 Å². The first-order valence-corrected chi connectivity index (χ1v) is 6.17. The van der Waals surface area contributed by atoms with Gasteiger partial charge in [-0.15, -0.1) is 0 Å². The van der Waals surface area contributed by atoms with E-state index in [1.807, 2.05) is 6.92 Å². The van der Waals surface area contributed by atoms with E-state index in [4.69, 9.17) is 0 Å². The SMILES string of the molecule is CC1CCC(C(=O)O)(c2cccc(C(F)(F)F)c2)C1. The van der Waals surface area contributed by atoms with Gasteiger partial charge in [-0.25, -0.2) is 0 Å². The van der Waals surface area contributed by atoms with Crippen molar-refractivity contribution in [2.24, 2.45) is 5.92 Å². The molecule has 1 aliphatic carbocycles. The molecule has 1 aromatic carbocycles. The van der Waals surface area contributed by atoms with Gasteiger partial charge in [0.25, 0.3) is 0 Å². The fraction of sp³-hybridized carbons (Fsp3) is 0.500. The molecule has 1 saturated carbocycles. The molecule has 1 fully saturated rings. The van der Waals surface area contributed by atoms with Crippen molar-refractivity contribution in [2.75, 3.05) is 0 Å². The third kappa shape index (κ3) is 2.46. The highest BCUT2D eigenvalue weighted by atomic mass is 19.4. The van der Waals surface area contributed by atoms with E-state index in [1.54, 1.807) is 0 Å². The molecule has 0 saturated heterocycles. The van der Waals surface area contributed by atoms with Gasteiger partial charge in [-0.05, 0) is 36.8 Å². The van der Waals surface area contributed by atoms with Crippen LogP contribution in [0.4, 0.5) is 13.2 Å².